The number of aromatic nitrogens is 2. The zero-order valence-electron chi connectivity index (χ0n) is 9.84. The Hall–Kier alpha value is -1.66. The average molecular weight is 336 g/mol. The fourth-order valence-electron chi connectivity index (χ4n) is 1.67. The molecule has 3 aromatic rings. The summed E-state index contributed by atoms with van der Waals surface area (Å²) in [6.07, 6.45) is 1.33. The van der Waals surface area contributed by atoms with E-state index in [1.54, 1.807) is 11.3 Å². The summed E-state index contributed by atoms with van der Waals surface area (Å²) < 4.78 is 6.29. The minimum Gasteiger partial charge on any atom is -0.423 e. The highest BCUT2D eigenvalue weighted by Crippen LogP contribution is 2.23. The number of rotatable bonds is 4. The summed E-state index contributed by atoms with van der Waals surface area (Å²) in [5, 5.41) is 10.9. The van der Waals surface area contributed by atoms with E-state index >= 15 is 0 Å². The van der Waals surface area contributed by atoms with Gasteiger partial charge in [-0.25, -0.2) is 0 Å². The molecule has 19 heavy (non-hydrogen) atoms. The molecule has 96 valence electrons. The van der Waals surface area contributed by atoms with Crippen LogP contribution in [0.3, 0.4) is 0 Å². The highest BCUT2D eigenvalue weighted by molar-refractivity contribution is 9.11. The van der Waals surface area contributed by atoms with Crippen LogP contribution in [0.25, 0.3) is 11.5 Å². The Morgan fingerprint density at radius 1 is 1.16 bits per heavy atom. The molecule has 6 heteroatoms. The molecule has 4 nitrogen and oxygen atoms in total. The van der Waals surface area contributed by atoms with E-state index in [9.17, 15) is 0 Å². The summed E-state index contributed by atoms with van der Waals surface area (Å²) in [7, 11) is 0. The molecule has 0 aliphatic carbocycles. The van der Waals surface area contributed by atoms with Gasteiger partial charge in [-0.15, -0.1) is 21.5 Å². The van der Waals surface area contributed by atoms with Gasteiger partial charge in [0.05, 0.1) is 3.79 Å². The Kier molecular flexibility index (Phi) is 3.61. The lowest BCUT2D eigenvalue weighted by Gasteiger charge is -2.05. The van der Waals surface area contributed by atoms with Crippen molar-refractivity contribution in [1.82, 2.24) is 10.2 Å². The first-order valence-corrected chi connectivity index (χ1v) is 7.27. The van der Waals surface area contributed by atoms with Gasteiger partial charge < -0.3 is 9.73 Å². The van der Waals surface area contributed by atoms with Crippen LogP contribution in [0.2, 0.25) is 0 Å². The number of anilines is 1. The van der Waals surface area contributed by atoms with Gasteiger partial charge >= 0.3 is 0 Å². The maximum Gasteiger partial charge on any atom is 0.247 e. The molecular formula is C13H10BrN3OS. The van der Waals surface area contributed by atoms with E-state index in [4.69, 9.17) is 4.42 Å². The molecule has 0 fully saturated rings. The van der Waals surface area contributed by atoms with Gasteiger partial charge in [0.1, 0.15) is 0 Å². The van der Waals surface area contributed by atoms with Crippen molar-refractivity contribution in [1.29, 1.82) is 0 Å². The van der Waals surface area contributed by atoms with Crippen LogP contribution >= 0.6 is 27.3 Å². The number of thiophene rings is 1. The van der Waals surface area contributed by atoms with Crippen LogP contribution in [0.15, 0.2) is 51.0 Å². The molecule has 0 spiro atoms. The highest BCUT2D eigenvalue weighted by atomic mass is 79.9. The zero-order valence-corrected chi connectivity index (χ0v) is 12.2. The van der Waals surface area contributed by atoms with E-state index in [0.29, 0.717) is 5.89 Å². The molecule has 1 N–H and O–H groups in total. The van der Waals surface area contributed by atoms with Gasteiger partial charge in [0, 0.05) is 22.7 Å². The van der Waals surface area contributed by atoms with Crippen molar-refractivity contribution in [2.75, 3.05) is 5.32 Å². The van der Waals surface area contributed by atoms with Crippen LogP contribution < -0.4 is 5.32 Å². The first kappa shape index (κ1) is 12.4. The van der Waals surface area contributed by atoms with E-state index in [1.807, 2.05) is 24.3 Å². The summed E-state index contributed by atoms with van der Waals surface area (Å²) >= 11 is 5.19. The quantitative estimate of drug-likeness (QED) is 0.777. The van der Waals surface area contributed by atoms with Crippen molar-refractivity contribution in [3.05, 3.63) is 51.5 Å². The molecule has 0 aliphatic rings. The lowest BCUT2D eigenvalue weighted by Crippen LogP contribution is -1.96. The van der Waals surface area contributed by atoms with E-state index in [-0.39, 0.29) is 0 Å². The number of hydrogen-bond acceptors (Lipinski definition) is 5. The molecule has 0 saturated carbocycles. The monoisotopic (exact) mass is 335 g/mol. The van der Waals surface area contributed by atoms with E-state index in [1.165, 1.54) is 11.3 Å². The number of benzene rings is 1. The van der Waals surface area contributed by atoms with Crippen LogP contribution in [0, 0.1) is 0 Å². The molecule has 0 saturated heterocycles. The summed E-state index contributed by atoms with van der Waals surface area (Å²) in [5.74, 6) is 0.536. The minimum absolute atomic E-state index is 0.536. The minimum atomic E-state index is 0.536. The normalized spacial score (nSPS) is 10.6. The fraction of sp³-hybridized carbons (Fsp3) is 0.0769. The Balaban J connectivity index is 1.66. The van der Waals surface area contributed by atoms with E-state index in [2.05, 4.69) is 43.6 Å². The maximum atomic E-state index is 5.15. The van der Waals surface area contributed by atoms with E-state index in [0.717, 1.165) is 21.6 Å². The van der Waals surface area contributed by atoms with E-state index < -0.39 is 0 Å². The van der Waals surface area contributed by atoms with Crippen LogP contribution in [-0.2, 0) is 6.54 Å². The van der Waals surface area contributed by atoms with Crippen LogP contribution in [-0.4, -0.2) is 10.2 Å². The van der Waals surface area contributed by atoms with Crippen LogP contribution in [0.5, 0.6) is 0 Å². The fourth-order valence-corrected chi connectivity index (χ4v) is 3.09. The van der Waals surface area contributed by atoms with Crippen LogP contribution in [0.4, 0.5) is 5.69 Å². The summed E-state index contributed by atoms with van der Waals surface area (Å²) in [6.45, 7) is 0.816. The SMILES string of the molecule is Brc1ccc(CNc2ccc(-c3nnco3)cc2)s1. The van der Waals surface area contributed by atoms with Gasteiger partial charge in [0.15, 0.2) is 0 Å². The topological polar surface area (TPSA) is 51.0 Å². The lowest BCUT2D eigenvalue weighted by molar-refractivity contribution is 0.568. The summed E-state index contributed by atoms with van der Waals surface area (Å²) in [6, 6.07) is 12.1. The standard InChI is InChI=1S/C13H10BrN3OS/c14-12-6-5-11(19-12)7-15-10-3-1-9(2-4-10)13-17-16-8-18-13/h1-6,8,15H,7H2. The molecule has 0 atom stereocenters. The molecule has 0 bridgehead atoms. The second-order valence-corrected chi connectivity index (χ2v) is 6.43. The predicted octanol–water partition coefficient (Wildman–Crippen LogP) is 4.17. The molecule has 1 aromatic carbocycles. The molecule has 3 rings (SSSR count). The Labute approximate surface area is 122 Å². The Morgan fingerprint density at radius 2 is 2.00 bits per heavy atom. The van der Waals surface area contributed by atoms with Crippen molar-refractivity contribution < 1.29 is 4.42 Å². The third kappa shape index (κ3) is 3.02. The summed E-state index contributed by atoms with van der Waals surface area (Å²) in [5.41, 5.74) is 1.98. The number of halogens is 1. The van der Waals surface area contributed by atoms with Gasteiger partial charge in [-0.1, -0.05) is 0 Å². The van der Waals surface area contributed by atoms with Gasteiger partial charge in [-0.3, -0.25) is 0 Å². The first-order chi connectivity index (χ1) is 9.31. The number of nitrogens with zero attached hydrogens (tertiary/aromatic N) is 2. The Bertz CT molecular complexity index is 649. The molecule has 2 heterocycles. The summed E-state index contributed by atoms with van der Waals surface area (Å²) in [4.78, 5) is 1.29. The molecule has 0 unspecified atom stereocenters. The smallest absolute Gasteiger partial charge is 0.247 e. The molecule has 0 aliphatic heterocycles. The molecule has 0 amide bonds. The van der Waals surface area contributed by atoms with Crippen molar-refractivity contribution >= 4 is 33.0 Å². The largest absolute Gasteiger partial charge is 0.423 e. The van der Waals surface area contributed by atoms with Gasteiger partial charge in [0.25, 0.3) is 0 Å². The molecule has 0 radical (unpaired) electrons. The predicted molar refractivity (Wildman–Crippen MR) is 79.1 cm³/mol. The Morgan fingerprint density at radius 3 is 2.63 bits per heavy atom. The third-order valence-electron chi connectivity index (χ3n) is 2.59. The van der Waals surface area contributed by atoms with Gasteiger partial charge in [-0.05, 0) is 52.3 Å². The van der Waals surface area contributed by atoms with Crippen molar-refractivity contribution in [2.45, 2.75) is 6.54 Å². The van der Waals surface area contributed by atoms with Crippen molar-refractivity contribution in [2.24, 2.45) is 0 Å². The lowest BCUT2D eigenvalue weighted by atomic mass is 10.2. The van der Waals surface area contributed by atoms with Crippen LogP contribution in [0.1, 0.15) is 4.88 Å². The average Bonchev–Trinajstić information content (AvgIpc) is 3.08. The number of nitrogens with one attached hydrogen (secondary N) is 1. The van der Waals surface area contributed by atoms with Gasteiger partial charge in [0.2, 0.25) is 12.3 Å². The number of hydrogen-bond donors (Lipinski definition) is 1. The second-order valence-electron chi connectivity index (χ2n) is 3.88. The first-order valence-electron chi connectivity index (χ1n) is 5.66. The zero-order chi connectivity index (χ0) is 13.1. The molecule has 2 aromatic heterocycles. The van der Waals surface area contributed by atoms with Crippen molar-refractivity contribution in [3.63, 3.8) is 0 Å². The maximum absolute atomic E-state index is 5.15. The van der Waals surface area contributed by atoms with Gasteiger partial charge in [-0.2, -0.15) is 0 Å². The second kappa shape index (κ2) is 5.54. The molecular weight excluding hydrogens is 326 g/mol. The third-order valence-corrected chi connectivity index (χ3v) is 4.21. The highest BCUT2D eigenvalue weighted by Gasteiger charge is 2.03. The van der Waals surface area contributed by atoms with Crippen molar-refractivity contribution in [3.8, 4) is 11.5 Å².